The zero-order chi connectivity index (χ0) is 22.7. The molecule has 1 aliphatic rings. The highest BCUT2D eigenvalue weighted by Crippen LogP contribution is 2.37. The van der Waals surface area contributed by atoms with Crippen LogP contribution in [0.3, 0.4) is 0 Å². The van der Waals surface area contributed by atoms with Crippen molar-refractivity contribution < 1.29 is 24.1 Å². The molecule has 0 aliphatic carbocycles. The number of aliphatic hydroxyl groups is 1. The summed E-state index contributed by atoms with van der Waals surface area (Å²) in [5.74, 6) is 0.915. The van der Waals surface area contributed by atoms with Gasteiger partial charge in [0.1, 0.15) is 17.2 Å². The van der Waals surface area contributed by atoms with Gasteiger partial charge in [0, 0.05) is 62.8 Å². The molecule has 2 unspecified atom stereocenters. The Kier molecular flexibility index (Phi) is 6.40. The summed E-state index contributed by atoms with van der Waals surface area (Å²) in [6.45, 7) is 4.56. The number of H-pyrrole nitrogens is 1. The Bertz CT molecular complexity index is 1100. The average Bonchev–Trinajstić information content (AvgIpc) is 3.40. The Hall–Kier alpha value is -3.01. The molecule has 0 radical (unpaired) electrons. The summed E-state index contributed by atoms with van der Waals surface area (Å²) in [5, 5.41) is 13.2. The molecule has 32 heavy (non-hydrogen) atoms. The number of amides is 1. The maximum Gasteiger partial charge on any atom is 0.222 e. The van der Waals surface area contributed by atoms with Crippen LogP contribution in [0.1, 0.15) is 32.4 Å². The van der Waals surface area contributed by atoms with Crippen molar-refractivity contribution in [2.75, 3.05) is 32.2 Å². The van der Waals surface area contributed by atoms with E-state index in [0.29, 0.717) is 49.9 Å². The number of fused-ring (bicyclic) bond motifs is 1. The minimum absolute atomic E-state index is 0.189. The Labute approximate surface area is 186 Å². The van der Waals surface area contributed by atoms with Crippen molar-refractivity contribution in [1.82, 2.24) is 15.0 Å². The molecule has 170 valence electrons. The van der Waals surface area contributed by atoms with Gasteiger partial charge in [0.05, 0.1) is 42.4 Å². The zero-order valence-electron chi connectivity index (χ0n) is 18.5. The monoisotopic (exact) mass is 440 g/mol. The number of aromatic amines is 1. The van der Waals surface area contributed by atoms with Crippen LogP contribution in [0.4, 0.5) is 5.82 Å². The molecule has 9 heteroatoms. The highest BCUT2D eigenvalue weighted by molar-refractivity contribution is 5.97. The molecule has 3 aromatic rings. The predicted molar refractivity (Wildman–Crippen MR) is 120 cm³/mol. The van der Waals surface area contributed by atoms with Crippen LogP contribution in [0.15, 0.2) is 30.6 Å². The summed E-state index contributed by atoms with van der Waals surface area (Å²) in [5.41, 5.74) is 2.45. The van der Waals surface area contributed by atoms with Gasteiger partial charge in [0.15, 0.2) is 0 Å². The number of nitrogens with one attached hydrogen (secondary N) is 2. The zero-order valence-corrected chi connectivity index (χ0v) is 18.5. The lowest BCUT2D eigenvalue weighted by Crippen LogP contribution is -2.30. The number of methoxy groups -OCH3 is 1. The summed E-state index contributed by atoms with van der Waals surface area (Å²) >= 11 is 0. The van der Waals surface area contributed by atoms with E-state index in [1.54, 1.807) is 20.2 Å². The molecule has 1 aliphatic heterocycles. The lowest BCUT2D eigenvalue weighted by molar-refractivity contribution is -0.114. The van der Waals surface area contributed by atoms with Crippen molar-refractivity contribution >= 4 is 22.6 Å². The first kappa shape index (κ1) is 22.2. The molecular formula is C23H28N4O5. The molecule has 3 N–H and O–H groups in total. The van der Waals surface area contributed by atoms with Crippen LogP contribution in [0.25, 0.3) is 22.2 Å². The molecule has 9 nitrogen and oxygen atoms in total. The molecular weight excluding hydrogens is 412 g/mol. The Balaban J connectivity index is 1.78. The Morgan fingerprint density at radius 1 is 1.41 bits per heavy atom. The molecule has 3 aromatic heterocycles. The number of carbonyl (C=O) groups excluding carboxylic acids is 1. The van der Waals surface area contributed by atoms with E-state index in [0.717, 1.165) is 22.2 Å². The van der Waals surface area contributed by atoms with Crippen molar-refractivity contribution in [3.63, 3.8) is 0 Å². The second-order valence-electron chi connectivity index (χ2n) is 8.06. The molecule has 4 heterocycles. The number of rotatable bonds is 8. The first-order chi connectivity index (χ1) is 15.4. The highest BCUT2D eigenvalue weighted by atomic mass is 16.5. The largest absolute Gasteiger partial charge is 0.493 e. The standard InChI is InChI=1S/C23H28N4O5/c1-14(28)4-6-32-16-8-19(27-21(9-16)23(30-3)5-7-31-13-23)18-11-24-20-12-25-22(10-17(18)20)26-15(2)29/h8-12,14,24,28H,4-7,13H2,1-3H3,(H,25,26,29). The molecule has 1 fully saturated rings. The SMILES string of the molecule is COC1(c2cc(OCCC(C)O)cc(-c3c[nH]c4cnc(NC(C)=O)cc34)n2)CCOC1. The second-order valence-corrected chi connectivity index (χ2v) is 8.06. The van der Waals surface area contributed by atoms with Gasteiger partial charge < -0.3 is 29.6 Å². The molecule has 4 rings (SSSR count). The van der Waals surface area contributed by atoms with E-state index in [-0.39, 0.29) is 5.91 Å². The van der Waals surface area contributed by atoms with E-state index in [1.807, 2.05) is 24.4 Å². The van der Waals surface area contributed by atoms with Crippen molar-refractivity contribution in [2.45, 2.75) is 38.4 Å². The summed E-state index contributed by atoms with van der Waals surface area (Å²) < 4.78 is 17.4. The fourth-order valence-electron chi connectivity index (χ4n) is 3.80. The van der Waals surface area contributed by atoms with Gasteiger partial charge in [-0.15, -0.1) is 0 Å². The van der Waals surface area contributed by atoms with Gasteiger partial charge in [-0.05, 0) is 13.0 Å². The normalized spacial score (nSPS) is 19.2. The summed E-state index contributed by atoms with van der Waals surface area (Å²) in [6.07, 6.45) is 4.30. The van der Waals surface area contributed by atoms with Crippen molar-refractivity contribution in [1.29, 1.82) is 0 Å². The third-order valence-electron chi connectivity index (χ3n) is 5.59. The lowest BCUT2D eigenvalue weighted by Gasteiger charge is -2.26. The summed E-state index contributed by atoms with van der Waals surface area (Å²) in [4.78, 5) is 23.9. The van der Waals surface area contributed by atoms with Gasteiger partial charge in [-0.25, -0.2) is 9.97 Å². The lowest BCUT2D eigenvalue weighted by atomic mass is 9.96. The van der Waals surface area contributed by atoms with Gasteiger partial charge in [-0.3, -0.25) is 4.79 Å². The fraction of sp³-hybridized carbons (Fsp3) is 0.435. The molecule has 0 saturated carbocycles. The second kappa shape index (κ2) is 9.23. The first-order valence-electron chi connectivity index (χ1n) is 10.6. The van der Waals surface area contributed by atoms with Crippen LogP contribution in [-0.4, -0.2) is 59.0 Å². The third-order valence-corrected chi connectivity index (χ3v) is 5.59. The Morgan fingerprint density at radius 2 is 2.25 bits per heavy atom. The minimum Gasteiger partial charge on any atom is -0.493 e. The van der Waals surface area contributed by atoms with Crippen LogP contribution in [0.2, 0.25) is 0 Å². The third kappa shape index (κ3) is 4.59. The smallest absolute Gasteiger partial charge is 0.222 e. The minimum atomic E-state index is -0.645. The van der Waals surface area contributed by atoms with Crippen molar-refractivity contribution in [3.8, 4) is 17.0 Å². The summed E-state index contributed by atoms with van der Waals surface area (Å²) in [7, 11) is 1.66. The number of anilines is 1. The van der Waals surface area contributed by atoms with Crippen LogP contribution in [-0.2, 0) is 19.9 Å². The van der Waals surface area contributed by atoms with Crippen LogP contribution in [0.5, 0.6) is 5.75 Å². The fourth-order valence-corrected chi connectivity index (χ4v) is 3.80. The molecule has 2 atom stereocenters. The highest BCUT2D eigenvalue weighted by Gasteiger charge is 2.39. The number of hydrogen-bond acceptors (Lipinski definition) is 7. The molecule has 0 spiro atoms. The van der Waals surface area contributed by atoms with E-state index in [1.165, 1.54) is 6.92 Å². The molecule has 1 amide bonds. The van der Waals surface area contributed by atoms with Crippen LogP contribution >= 0.6 is 0 Å². The van der Waals surface area contributed by atoms with Crippen molar-refractivity contribution in [2.24, 2.45) is 0 Å². The molecule has 0 bridgehead atoms. The molecule has 1 saturated heterocycles. The van der Waals surface area contributed by atoms with E-state index < -0.39 is 11.7 Å². The summed E-state index contributed by atoms with van der Waals surface area (Å²) in [6, 6.07) is 5.56. The van der Waals surface area contributed by atoms with E-state index in [2.05, 4.69) is 15.3 Å². The number of pyridine rings is 2. The first-order valence-corrected chi connectivity index (χ1v) is 10.6. The predicted octanol–water partition coefficient (Wildman–Crippen LogP) is 3.00. The number of aromatic nitrogens is 3. The van der Waals surface area contributed by atoms with Gasteiger partial charge in [-0.1, -0.05) is 0 Å². The van der Waals surface area contributed by atoms with Crippen molar-refractivity contribution in [3.05, 3.63) is 36.3 Å². The number of ether oxygens (including phenoxy) is 3. The van der Waals surface area contributed by atoms with Gasteiger partial charge in [0.25, 0.3) is 0 Å². The average molecular weight is 441 g/mol. The van der Waals surface area contributed by atoms with E-state index in [4.69, 9.17) is 19.2 Å². The number of aliphatic hydroxyl groups excluding tert-OH is 1. The van der Waals surface area contributed by atoms with Gasteiger partial charge in [-0.2, -0.15) is 0 Å². The topological polar surface area (TPSA) is 119 Å². The quantitative estimate of drug-likeness (QED) is 0.493. The van der Waals surface area contributed by atoms with Gasteiger partial charge >= 0.3 is 0 Å². The van der Waals surface area contributed by atoms with E-state index in [9.17, 15) is 9.90 Å². The number of nitrogens with zero attached hydrogens (tertiary/aromatic N) is 2. The van der Waals surface area contributed by atoms with Crippen LogP contribution in [0, 0.1) is 0 Å². The van der Waals surface area contributed by atoms with E-state index >= 15 is 0 Å². The van der Waals surface area contributed by atoms with Gasteiger partial charge in [0.2, 0.25) is 5.91 Å². The van der Waals surface area contributed by atoms with Crippen LogP contribution < -0.4 is 10.1 Å². The molecule has 0 aromatic carbocycles. The number of carbonyl (C=O) groups is 1. The number of hydrogen-bond donors (Lipinski definition) is 3. The maximum atomic E-state index is 11.5. The maximum absolute atomic E-state index is 11.5. The Morgan fingerprint density at radius 3 is 2.94 bits per heavy atom.